The van der Waals surface area contributed by atoms with Crippen molar-refractivity contribution in [2.45, 2.75) is 6.10 Å². The molecule has 3 N–H and O–H groups in total. The zero-order chi connectivity index (χ0) is 12.0. The van der Waals surface area contributed by atoms with E-state index in [4.69, 9.17) is 15.1 Å². The van der Waals surface area contributed by atoms with Crippen LogP contribution in [0.25, 0.3) is 0 Å². The summed E-state index contributed by atoms with van der Waals surface area (Å²) in [6.45, 7) is -0.544. The molecule has 0 saturated carbocycles. The van der Waals surface area contributed by atoms with Crippen molar-refractivity contribution in [1.29, 1.82) is 0 Å². The Morgan fingerprint density at radius 1 is 1.44 bits per heavy atom. The van der Waals surface area contributed by atoms with E-state index in [0.717, 1.165) is 10.0 Å². The molecule has 0 unspecified atom stereocenters. The van der Waals surface area contributed by atoms with Crippen LogP contribution in [0.2, 0.25) is 0 Å². The van der Waals surface area contributed by atoms with Crippen LogP contribution in [-0.2, 0) is 9.53 Å². The van der Waals surface area contributed by atoms with Gasteiger partial charge in [-0.05, 0) is 17.7 Å². The topological polar surface area (TPSA) is 78.8 Å². The van der Waals surface area contributed by atoms with E-state index in [-0.39, 0.29) is 13.2 Å². The minimum atomic E-state index is -0.657. The number of hydroxylamine groups is 1. The van der Waals surface area contributed by atoms with E-state index < -0.39 is 12.0 Å². The Kier molecular flexibility index (Phi) is 5.41. The van der Waals surface area contributed by atoms with Gasteiger partial charge in [0.2, 0.25) is 0 Å². The smallest absolute Gasteiger partial charge is 0.269 e. The average Bonchev–Trinajstić information content (AvgIpc) is 2.31. The molecule has 0 bridgehead atoms. The molecule has 5 nitrogen and oxygen atoms in total. The van der Waals surface area contributed by atoms with E-state index in [0.29, 0.717) is 0 Å². The van der Waals surface area contributed by atoms with E-state index >= 15 is 0 Å². The van der Waals surface area contributed by atoms with Crippen molar-refractivity contribution in [3.8, 4) is 0 Å². The zero-order valence-electron chi connectivity index (χ0n) is 8.39. The predicted molar refractivity (Wildman–Crippen MR) is 59.9 cm³/mol. The zero-order valence-corrected chi connectivity index (χ0v) is 9.98. The van der Waals surface area contributed by atoms with Crippen LogP contribution in [0.4, 0.5) is 0 Å². The number of aliphatic hydroxyl groups excluding tert-OH is 1. The summed E-state index contributed by atoms with van der Waals surface area (Å²) < 4.78 is 6.05. The first-order valence-electron chi connectivity index (χ1n) is 4.58. The first-order chi connectivity index (χ1) is 7.67. The predicted octanol–water partition coefficient (Wildman–Crippen LogP) is 1.00. The number of halogens is 1. The molecule has 0 heterocycles. The van der Waals surface area contributed by atoms with Crippen molar-refractivity contribution in [2.24, 2.45) is 0 Å². The Balaban J connectivity index is 2.60. The van der Waals surface area contributed by atoms with E-state index in [1.165, 1.54) is 5.48 Å². The molecule has 1 amide bonds. The maximum absolute atomic E-state index is 10.7. The summed E-state index contributed by atoms with van der Waals surface area (Å²) in [4.78, 5) is 10.7. The quantitative estimate of drug-likeness (QED) is 0.558. The van der Waals surface area contributed by atoms with Crippen molar-refractivity contribution in [2.75, 3.05) is 13.2 Å². The van der Waals surface area contributed by atoms with Crippen LogP contribution in [-0.4, -0.2) is 29.4 Å². The highest BCUT2D eigenvalue weighted by molar-refractivity contribution is 9.10. The second kappa shape index (κ2) is 6.59. The number of rotatable bonds is 5. The van der Waals surface area contributed by atoms with Crippen LogP contribution in [0.1, 0.15) is 11.7 Å². The number of hydrogen-bond donors (Lipinski definition) is 3. The molecule has 1 aromatic rings. The molecular weight excluding hydrogens is 278 g/mol. The van der Waals surface area contributed by atoms with Gasteiger partial charge in [-0.1, -0.05) is 28.1 Å². The number of aliphatic hydroxyl groups is 1. The molecule has 0 radical (unpaired) electrons. The summed E-state index contributed by atoms with van der Waals surface area (Å²) >= 11 is 3.29. The van der Waals surface area contributed by atoms with Gasteiger partial charge in [-0.25, -0.2) is 5.48 Å². The fourth-order valence-electron chi connectivity index (χ4n) is 1.14. The molecule has 0 spiro atoms. The monoisotopic (exact) mass is 289 g/mol. The Hall–Kier alpha value is -0.950. The third-order valence-electron chi connectivity index (χ3n) is 1.95. The van der Waals surface area contributed by atoms with Crippen molar-refractivity contribution >= 4 is 21.8 Å². The Morgan fingerprint density at radius 2 is 2.06 bits per heavy atom. The van der Waals surface area contributed by atoms with Gasteiger partial charge in [-0.15, -0.1) is 0 Å². The molecular formula is C10H12BrNO4. The van der Waals surface area contributed by atoms with Gasteiger partial charge in [-0.3, -0.25) is 10.0 Å². The van der Waals surface area contributed by atoms with Gasteiger partial charge < -0.3 is 9.84 Å². The van der Waals surface area contributed by atoms with E-state index in [9.17, 15) is 4.79 Å². The number of carbonyl (C=O) groups is 1. The fraction of sp³-hybridized carbons (Fsp3) is 0.300. The van der Waals surface area contributed by atoms with Gasteiger partial charge in [0.25, 0.3) is 5.91 Å². The lowest BCUT2D eigenvalue weighted by Gasteiger charge is -2.15. The van der Waals surface area contributed by atoms with Crippen LogP contribution in [0, 0.1) is 0 Å². The number of ether oxygens (including phenoxy) is 1. The summed E-state index contributed by atoms with van der Waals surface area (Å²) in [6.07, 6.45) is -0.578. The number of amides is 1. The second-order valence-corrected chi connectivity index (χ2v) is 3.98. The summed E-state index contributed by atoms with van der Waals surface area (Å²) in [5, 5.41) is 17.4. The first kappa shape index (κ1) is 13.1. The van der Waals surface area contributed by atoms with Gasteiger partial charge in [0, 0.05) is 4.47 Å². The van der Waals surface area contributed by atoms with Crippen molar-refractivity contribution in [1.82, 2.24) is 5.48 Å². The van der Waals surface area contributed by atoms with E-state index in [1.54, 1.807) is 12.1 Å². The van der Waals surface area contributed by atoms with Crippen molar-refractivity contribution < 1.29 is 19.8 Å². The highest BCUT2D eigenvalue weighted by Crippen LogP contribution is 2.19. The lowest BCUT2D eigenvalue weighted by molar-refractivity contribution is -0.137. The maximum atomic E-state index is 10.7. The summed E-state index contributed by atoms with van der Waals surface area (Å²) in [7, 11) is 0. The Bertz CT molecular complexity index is 341. The summed E-state index contributed by atoms with van der Waals surface area (Å²) in [5.74, 6) is -0.657. The standard InChI is InChI=1S/C10H12BrNO4/c11-8-3-1-7(2-4-8)9(5-13)16-6-10(14)12-15/h1-4,9,13,15H,5-6H2,(H,12,14)/t9-/m1/s1. The molecule has 0 aromatic heterocycles. The molecule has 0 aliphatic carbocycles. The lowest BCUT2D eigenvalue weighted by atomic mass is 10.1. The molecule has 0 fully saturated rings. The number of hydrogen-bond acceptors (Lipinski definition) is 4. The van der Waals surface area contributed by atoms with Crippen molar-refractivity contribution in [3.63, 3.8) is 0 Å². The molecule has 16 heavy (non-hydrogen) atoms. The Morgan fingerprint density at radius 3 is 2.56 bits per heavy atom. The third-order valence-corrected chi connectivity index (χ3v) is 2.48. The summed E-state index contributed by atoms with van der Waals surface area (Å²) in [5.41, 5.74) is 2.21. The normalized spacial score (nSPS) is 12.2. The van der Waals surface area contributed by atoms with Crippen LogP contribution < -0.4 is 5.48 Å². The molecule has 0 aliphatic heterocycles. The number of benzene rings is 1. The van der Waals surface area contributed by atoms with Crippen LogP contribution in [0.3, 0.4) is 0 Å². The summed E-state index contributed by atoms with van der Waals surface area (Å²) in [6, 6.07) is 7.19. The minimum Gasteiger partial charge on any atom is -0.393 e. The van der Waals surface area contributed by atoms with E-state index in [2.05, 4.69) is 15.9 Å². The fourth-order valence-corrected chi connectivity index (χ4v) is 1.40. The van der Waals surface area contributed by atoms with E-state index in [1.807, 2.05) is 12.1 Å². The maximum Gasteiger partial charge on any atom is 0.269 e. The highest BCUT2D eigenvalue weighted by atomic mass is 79.9. The van der Waals surface area contributed by atoms with Crippen LogP contribution >= 0.6 is 15.9 Å². The molecule has 1 rings (SSSR count). The van der Waals surface area contributed by atoms with Gasteiger partial charge in [0.15, 0.2) is 0 Å². The molecule has 0 saturated heterocycles. The van der Waals surface area contributed by atoms with Gasteiger partial charge in [0.1, 0.15) is 12.7 Å². The van der Waals surface area contributed by atoms with Crippen molar-refractivity contribution in [3.05, 3.63) is 34.3 Å². The first-order valence-corrected chi connectivity index (χ1v) is 5.37. The number of carbonyl (C=O) groups excluding carboxylic acids is 1. The SMILES string of the molecule is O=C(CO[C@H](CO)c1ccc(Br)cc1)NO. The molecule has 1 aromatic carbocycles. The Labute approximate surface area is 101 Å². The number of nitrogens with one attached hydrogen (secondary N) is 1. The molecule has 1 atom stereocenters. The van der Waals surface area contributed by atoms with Gasteiger partial charge >= 0.3 is 0 Å². The second-order valence-electron chi connectivity index (χ2n) is 3.07. The molecule has 88 valence electrons. The van der Waals surface area contributed by atoms with Crippen LogP contribution in [0.15, 0.2) is 28.7 Å². The largest absolute Gasteiger partial charge is 0.393 e. The van der Waals surface area contributed by atoms with Gasteiger partial charge in [0.05, 0.1) is 6.61 Å². The van der Waals surface area contributed by atoms with Gasteiger partial charge in [-0.2, -0.15) is 0 Å². The minimum absolute atomic E-state index is 0.236. The highest BCUT2D eigenvalue weighted by Gasteiger charge is 2.12. The average molecular weight is 290 g/mol. The molecule has 0 aliphatic rings. The lowest BCUT2D eigenvalue weighted by Crippen LogP contribution is -2.25. The van der Waals surface area contributed by atoms with Crippen LogP contribution in [0.5, 0.6) is 0 Å². The third kappa shape index (κ3) is 3.90. The molecule has 6 heteroatoms.